The summed E-state index contributed by atoms with van der Waals surface area (Å²) in [7, 11) is 2.03. The highest BCUT2D eigenvalue weighted by atomic mass is 16.6. The quantitative estimate of drug-likeness (QED) is 0.579. The van der Waals surface area contributed by atoms with Crippen molar-refractivity contribution < 1.29 is 9.66 Å². The van der Waals surface area contributed by atoms with Crippen molar-refractivity contribution in [3.8, 4) is 5.75 Å². The molecule has 116 valence electrons. The van der Waals surface area contributed by atoms with Gasteiger partial charge in [-0.05, 0) is 37.2 Å². The van der Waals surface area contributed by atoms with Crippen LogP contribution in [0.3, 0.4) is 0 Å². The van der Waals surface area contributed by atoms with Crippen LogP contribution in [0.4, 0.5) is 5.69 Å². The Morgan fingerprint density at radius 2 is 1.50 bits per heavy atom. The van der Waals surface area contributed by atoms with Gasteiger partial charge >= 0.3 is 0 Å². The van der Waals surface area contributed by atoms with Gasteiger partial charge < -0.3 is 4.74 Å². The van der Waals surface area contributed by atoms with Gasteiger partial charge in [-0.3, -0.25) is 15.0 Å². The molecule has 0 atom stereocenters. The number of nitrogens with zero attached hydrogens (tertiary/aromatic N) is 2. The van der Waals surface area contributed by atoms with E-state index in [0.29, 0.717) is 6.61 Å². The molecule has 0 spiro atoms. The van der Waals surface area contributed by atoms with Crippen molar-refractivity contribution in [3.63, 3.8) is 0 Å². The summed E-state index contributed by atoms with van der Waals surface area (Å²) >= 11 is 0. The zero-order valence-electron chi connectivity index (χ0n) is 12.9. The van der Waals surface area contributed by atoms with Crippen LogP contribution in [-0.2, 0) is 13.1 Å². The van der Waals surface area contributed by atoms with Crippen molar-refractivity contribution in [2.75, 3.05) is 13.7 Å². The normalized spacial score (nSPS) is 10.7. The topological polar surface area (TPSA) is 55.6 Å². The van der Waals surface area contributed by atoms with Crippen molar-refractivity contribution in [2.45, 2.75) is 20.0 Å². The third kappa shape index (κ3) is 4.56. The van der Waals surface area contributed by atoms with Crippen molar-refractivity contribution in [2.24, 2.45) is 0 Å². The van der Waals surface area contributed by atoms with E-state index < -0.39 is 0 Å². The maximum atomic E-state index is 10.6. The number of ether oxygens (including phenoxy) is 1. The van der Waals surface area contributed by atoms with Gasteiger partial charge in [0.25, 0.3) is 5.69 Å². The first-order valence-corrected chi connectivity index (χ1v) is 7.22. The van der Waals surface area contributed by atoms with Gasteiger partial charge in [-0.15, -0.1) is 0 Å². The second-order valence-electron chi connectivity index (χ2n) is 5.17. The van der Waals surface area contributed by atoms with Crippen LogP contribution in [0.2, 0.25) is 0 Å². The van der Waals surface area contributed by atoms with Gasteiger partial charge in [0.15, 0.2) is 0 Å². The molecule has 22 heavy (non-hydrogen) atoms. The third-order valence-electron chi connectivity index (χ3n) is 3.29. The van der Waals surface area contributed by atoms with E-state index in [1.807, 2.05) is 26.1 Å². The van der Waals surface area contributed by atoms with Crippen LogP contribution in [0.1, 0.15) is 18.1 Å². The van der Waals surface area contributed by atoms with Gasteiger partial charge in [-0.2, -0.15) is 0 Å². The number of rotatable bonds is 7. The van der Waals surface area contributed by atoms with Crippen molar-refractivity contribution in [3.05, 3.63) is 69.8 Å². The van der Waals surface area contributed by atoms with Gasteiger partial charge in [0.1, 0.15) is 5.75 Å². The second kappa shape index (κ2) is 7.56. The lowest BCUT2D eigenvalue weighted by atomic mass is 10.1. The monoisotopic (exact) mass is 300 g/mol. The molecule has 0 aliphatic heterocycles. The lowest BCUT2D eigenvalue weighted by Crippen LogP contribution is -2.17. The molecule has 5 nitrogen and oxygen atoms in total. The number of nitro groups is 1. The largest absolute Gasteiger partial charge is 0.494 e. The van der Waals surface area contributed by atoms with Gasteiger partial charge in [-0.1, -0.05) is 24.3 Å². The van der Waals surface area contributed by atoms with E-state index in [0.717, 1.165) is 24.4 Å². The summed E-state index contributed by atoms with van der Waals surface area (Å²) in [6.45, 7) is 4.18. The standard InChI is InChI=1S/C17H20N2O3/c1-3-22-17-10-6-15(7-11-17)13-18(2)12-14-4-8-16(9-5-14)19(20)21/h4-11H,3,12-13H2,1-2H3. The molecule has 0 N–H and O–H groups in total. The van der Waals surface area contributed by atoms with E-state index in [1.165, 1.54) is 5.56 Å². The fraction of sp³-hybridized carbons (Fsp3) is 0.294. The minimum Gasteiger partial charge on any atom is -0.494 e. The van der Waals surface area contributed by atoms with Gasteiger partial charge in [-0.25, -0.2) is 0 Å². The van der Waals surface area contributed by atoms with E-state index in [2.05, 4.69) is 17.0 Å². The molecule has 0 saturated carbocycles. The van der Waals surface area contributed by atoms with Crippen LogP contribution >= 0.6 is 0 Å². The zero-order valence-corrected chi connectivity index (χ0v) is 12.9. The number of benzene rings is 2. The lowest BCUT2D eigenvalue weighted by Gasteiger charge is -2.17. The summed E-state index contributed by atoms with van der Waals surface area (Å²) in [5, 5.41) is 10.6. The Kier molecular flexibility index (Phi) is 5.49. The first-order chi connectivity index (χ1) is 10.6. The Hall–Kier alpha value is -2.40. The molecule has 0 aromatic heterocycles. The summed E-state index contributed by atoms with van der Waals surface area (Å²) in [6, 6.07) is 14.7. The summed E-state index contributed by atoms with van der Waals surface area (Å²) in [5.74, 6) is 0.879. The number of non-ortho nitro benzene ring substituents is 1. The predicted molar refractivity (Wildman–Crippen MR) is 85.9 cm³/mol. The van der Waals surface area contributed by atoms with E-state index in [4.69, 9.17) is 4.74 Å². The first kappa shape index (κ1) is 16.0. The molecular formula is C17H20N2O3. The van der Waals surface area contributed by atoms with Crippen molar-refractivity contribution in [1.29, 1.82) is 0 Å². The molecule has 2 aromatic rings. The van der Waals surface area contributed by atoms with Crippen LogP contribution in [0.15, 0.2) is 48.5 Å². The maximum Gasteiger partial charge on any atom is 0.269 e. The summed E-state index contributed by atoms with van der Waals surface area (Å²) in [4.78, 5) is 12.4. The zero-order chi connectivity index (χ0) is 15.9. The molecule has 0 aliphatic rings. The fourth-order valence-corrected chi connectivity index (χ4v) is 2.26. The highest BCUT2D eigenvalue weighted by molar-refractivity contribution is 5.33. The maximum absolute atomic E-state index is 10.6. The minimum atomic E-state index is -0.382. The predicted octanol–water partition coefficient (Wildman–Crippen LogP) is 3.63. The SMILES string of the molecule is CCOc1ccc(CN(C)Cc2ccc([N+](=O)[O-])cc2)cc1. The smallest absolute Gasteiger partial charge is 0.269 e. The molecular weight excluding hydrogens is 280 g/mol. The highest BCUT2D eigenvalue weighted by Gasteiger charge is 2.06. The molecule has 0 radical (unpaired) electrons. The second-order valence-corrected chi connectivity index (χ2v) is 5.17. The van der Waals surface area contributed by atoms with Crippen LogP contribution in [-0.4, -0.2) is 23.5 Å². The Labute approximate surface area is 130 Å². The highest BCUT2D eigenvalue weighted by Crippen LogP contribution is 2.16. The minimum absolute atomic E-state index is 0.123. The van der Waals surface area contributed by atoms with E-state index >= 15 is 0 Å². The van der Waals surface area contributed by atoms with E-state index in [1.54, 1.807) is 24.3 Å². The number of hydrogen-bond acceptors (Lipinski definition) is 4. The molecule has 0 amide bonds. The van der Waals surface area contributed by atoms with Crippen LogP contribution in [0, 0.1) is 10.1 Å². The average molecular weight is 300 g/mol. The summed E-state index contributed by atoms with van der Waals surface area (Å²) in [5.41, 5.74) is 2.38. The van der Waals surface area contributed by atoms with Crippen molar-refractivity contribution in [1.82, 2.24) is 4.90 Å². The summed E-state index contributed by atoms with van der Waals surface area (Å²) < 4.78 is 5.42. The molecule has 0 bridgehead atoms. The Morgan fingerprint density at radius 1 is 1.00 bits per heavy atom. The average Bonchev–Trinajstić information content (AvgIpc) is 2.50. The molecule has 0 saturated heterocycles. The van der Waals surface area contributed by atoms with Crippen LogP contribution < -0.4 is 4.74 Å². The van der Waals surface area contributed by atoms with Gasteiger partial charge in [0.05, 0.1) is 11.5 Å². The lowest BCUT2D eigenvalue weighted by molar-refractivity contribution is -0.384. The Morgan fingerprint density at radius 3 is 1.95 bits per heavy atom. The molecule has 0 unspecified atom stereocenters. The Balaban J connectivity index is 1.91. The molecule has 2 aromatic carbocycles. The first-order valence-electron chi connectivity index (χ1n) is 7.22. The summed E-state index contributed by atoms with van der Waals surface area (Å²) in [6.07, 6.45) is 0. The molecule has 2 rings (SSSR count). The molecule has 0 fully saturated rings. The number of hydrogen-bond donors (Lipinski definition) is 0. The van der Waals surface area contributed by atoms with Crippen LogP contribution in [0.5, 0.6) is 5.75 Å². The van der Waals surface area contributed by atoms with Crippen LogP contribution in [0.25, 0.3) is 0 Å². The van der Waals surface area contributed by atoms with Gasteiger partial charge in [0, 0.05) is 25.2 Å². The van der Waals surface area contributed by atoms with Gasteiger partial charge in [0.2, 0.25) is 0 Å². The van der Waals surface area contributed by atoms with E-state index in [-0.39, 0.29) is 10.6 Å². The third-order valence-corrected chi connectivity index (χ3v) is 3.29. The molecule has 0 aliphatic carbocycles. The number of nitro benzene ring substituents is 1. The van der Waals surface area contributed by atoms with E-state index in [9.17, 15) is 10.1 Å². The van der Waals surface area contributed by atoms with Crippen molar-refractivity contribution >= 4 is 5.69 Å². The molecule has 0 heterocycles. The fourth-order valence-electron chi connectivity index (χ4n) is 2.26. The Bertz CT molecular complexity index is 609. The molecule has 5 heteroatoms.